The summed E-state index contributed by atoms with van der Waals surface area (Å²) >= 11 is 0. The molecular formula is C11H17FN4O2S. The van der Waals surface area contributed by atoms with Crippen molar-refractivity contribution in [1.29, 1.82) is 5.41 Å². The molecule has 0 amide bonds. The van der Waals surface area contributed by atoms with Gasteiger partial charge < -0.3 is 5.73 Å². The van der Waals surface area contributed by atoms with Crippen LogP contribution in [0, 0.1) is 11.2 Å². The molecule has 6 nitrogen and oxygen atoms in total. The Bertz CT molecular complexity index is 586. The lowest BCUT2D eigenvalue weighted by atomic mass is 10.1. The third kappa shape index (κ3) is 3.65. The maximum atomic E-state index is 13.1. The fourth-order valence-electron chi connectivity index (χ4n) is 1.32. The SMILES string of the molecule is CC(C)N(C)S(=O)(=O)Nc1ccc(F)cc1C(=N)N. The van der Waals surface area contributed by atoms with Gasteiger partial charge in [-0.3, -0.25) is 10.1 Å². The number of nitrogens with one attached hydrogen (secondary N) is 2. The minimum absolute atomic E-state index is 0.000677. The second-order valence-corrected chi connectivity index (χ2v) is 6.05. The van der Waals surface area contributed by atoms with E-state index in [1.165, 1.54) is 13.1 Å². The first kappa shape index (κ1) is 15.4. The average Bonchev–Trinajstić information content (AvgIpc) is 2.29. The predicted octanol–water partition coefficient (Wildman–Crippen LogP) is 1.11. The largest absolute Gasteiger partial charge is 0.384 e. The minimum atomic E-state index is -3.77. The number of rotatable bonds is 5. The first-order valence-electron chi connectivity index (χ1n) is 5.55. The number of halogens is 1. The van der Waals surface area contributed by atoms with E-state index >= 15 is 0 Å². The molecule has 19 heavy (non-hydrogen) atoms. The van der Waals surface area contributed by atoms with Crippen LogP contribution < -0.4 is 10.5 Å². The second kappa shape index (κ2) is 5.54. The Morgan fingerprint density at radius 1 is 1.47 bits per heavy atom. The van der Waals surface area contributed by atoms with Crippen molar-refractivity contribution in [1.82, 2.24) is 4.31 Å². The zero-order valence-corrected chi connectivity index (χ0v) is 11.8. The van der Waals surface area contributed by atoms with E-state index in [-0.39, 0.29) is 17.3 Å². The van der Waals surface area contributed by atoms with Crippen molar-refractivity contribution in [3.8, 4) is 0 Å². The standard InChI is InChI=1S/C11H17FN4O2S/c1-7(2)16(3)19(17,18)15-10-5-4-8(12)6-9(10)11(13)14/h4-7,15H,1-3H3,(H3,13,14). The van der Waals surface area contributed by atoms with Crippen LogP contribution in [0.5, 0.6) is 0 Å². The summed E-state index contributed by atoms with van der Waals surface area (Å²) in [5, 5.41) is 7.34. The van der Waals surface area contributed by atoms with Crippen LogP contribution in [0.4, 0.5) is 10.1 Å². The summed E-state index contributed by atoms with van der Waals surface area (Å²) in [6, 6.07) is 3.10. The molecule has 0 radical (unpaired) electrons. The molecular weight excluding hydrogens is 271 g/mol. The van der Waals surface area contributed by atoms with Gasteiger partial charge in [0.15, 0.2) is 0 Å². The normalized spacial score (nSPS) is 11.9. The first-order valence-corrected chi connectivity index (χ1v) is 6.99. The van der Waals surface area contributed by atoms with Gasteiger partial charge in [0.1, 0.15) is 11.7 Å². The van der Waals surface area contributed by atoms with Gasteiger partial charge in [-0.1, -0.05) is 0 Å². The van der Waals surface area contributed by atoms with Gasteiger partial charge in [0.25, 0.3) is 0 Å². The highest BCUT2D eigenvalue weighted by molar-refractivity contribution is 7.90. The summed E-state index contributed by atoms with van der Waals surface area (Å²) < 4.78 is 40.5. The highest BCUT2D eigenvalue weighted by Crippen LogP contribution is 2.19. The Labute approximate surface area is 112 Å². The minimum Gasteiger partial charge on any atom is -0.384 e. The summed E-state index contributed by atoms with van der Waals surface area (Å²) in [6.07, 6.45) is 0. The summed E-state index contributed by atoms with van der Waals surface area (Å²) in [6.45, 7) is 3.44. The second-order valence-electron chi connectivity index (χ2n) is 4.32. The van der Waals surface area contributed by atoms with Gasteiger partial charge in [0.05, 0.1) is 5.69 Å². The van der Waals surface area contributed by atoms with Crippen molar-refractivity contribution in [2.75, 3.05) is 11.8 Å². The third-order valence-electron chi connectivity index (χ3n) is 2.62. The van der Waals surface area contributed by atoms with E-state index in [0.717, 1.165) is 16.4 Å². The van der Waals surface area contributed by atoms with Crippen molar-refractivity contribution in [3.63, 3.8) is 0 Å². The van der Waals surface area contributed by atoms with E-state index in [1.54, 1.807) is 13.8 Å². The van der Waals surface area contributed by atoms with Crippen molar-refractivity contribution < 1.29 is 12.8 Å². The van der Waals surface area contributed by atoms with E-state index < -0.39 is 21.9 Å². The third-order valence-corrected chi connectivity index (χ3v) is 4.27. The smallest absolute Gasteiger partial charge is 0.301 e. The first-order chi connectivity index (χ1) is 8.65. The Morgan fingerprint density at radius 3 is 2.53 bits per heavy atom. The zero-order chi connectivity index (χ0) is 14.8. The Kier molecular flexibility index (Phi) is 4.48. The van der Waals surface area contributed by atoms with Crippen LogP contribution in [0.25, 0.3) is 0 Å². The molecule has 0 aliphatic heterocycles. The molecule has 0 spiro atoms. The van der Waals surface area contributed by atoms with Gasteiger partial charge in [-0.05, 0) is 32.0 Å². The predicted molar refractivity (Wildman–Crippen MR) is 72.9 cm³/mol. The number of nitrogens with zero attached hydrogens (tertiary/aromatic N) is 1. The topological polar surface area (TPSA) is 99.3 Å². The Morgan fingerprint density at radius 2 is 2.05 bits per heavy atom. The number of anilines is 1. The molecule has 0 heterocycles. The maximum Gasteiger partial charge on any atom is 0.301 e. The molecule has 1 aromatic rings. The average molecular weight is 288 g/mol. The number of hydrogen-bond acceptors (Lipinski definition) is 3. The van der Waals surface area contributed by atoms with Crippen LogP contribution in [-0.2, 0) is 10.2 Å². The van der Waals surface area contributed by atoms with Gasteiger partial charge in [-0.2, -0.15) is 12.7 Å². The van der Waals surface area contributed by atoms with Crippen LogP contribution >= 0.6 is 0 Å². The van der Waals surface area contributed by atoms with Crippen molar-refractivity contribution in [2.24, 2.45) is 5.73 Å². The molecule has 0 bridgehead atoms. The maximum absolute atomic E-state index is 13.1. The molecule has 1 aromatic carbocycles. The fraction of sp³-hybridized carbons (Fsp3) is 0.364. The van der Waals surface area contributed by atoms with E-state index in [0.29, 0.717) is 0 Å². The van der Waals surface area contributed by atoms with Gasteiger partial charge in [0.2, 0.25) is 0 Å². The molecule has 0 saturated carbocycles. The summed E-state index contributed by atoms with van der Waals surface area (Å²) in [5.41, 5.74) is 5.38. The monoisotopic (exact) mass is 288 g/mol. The molecule has 0 fully saturated rings. The molecule has 0 aliphatic carbocycles. The quantitative estimate of drug-likeness (QED) is 0.559. The highest BCUT2D eigenvalue weighted by atomic mass is 32.2. The molecule has 8 heteroatoms. The Balaban J connectivity index is 3.16. The van der Waals surface area contributed by atoms with E-state index in [4.69, 9.17) is 11.1 Å². The van der Waals surface area contributed by atoms with Gasteiger partial charge in [0, 0.05) is 18.7 Å². The van der Waals surface area contributed by atoms with Crippen LogP contribution in [0.3, 0.4) is 0 Å². The number of benzene rings is 1. The van der Waals surface area contributed by atoms with E-state index in [2.05, 4.69) is 4.72 Å². The number of amidine groups is 1. The number of nitrogens with two attached hydrogens (primary N) is 1. The lowest BCUT2D eigenvalue weighted by Gasteiger charge is -2.22. The summed E-state index contributed by atoms with van der Waals surface area (Å²) in [5.74, 6) is -1.00. The molecule has 1 rings (SSSR count). The molecule has 0 unspecified atom stereocenters. The van der Waals surface area contributed by atoms with Crippen molar-refractivity contribution >= 4 is 21.7 Å². The zero-order valence-electron chi connectivity index (χ0n) is 10.9. The van der Waals surface area contributed by atoms with Crippen LogP contribution in [0.15, 0.2) is 18.2 Å². The van der Waals surface area contributed by atoms with Crippen LogP contribution in [0.1, 0.15) is 19.4 Å². The van der Waals surface area contributed by atoms with Crippen molar-refractivity contribution in [3.05, 3.63) is 29.6 Å². The fourth-order valence-corrected chi connectivity index (χ4v) is 2.47. The van der Waals surface area contributed by atoms with Gasteiger partial charge in [-0.15, -0.1) is 0 Å². The van der Waals surface area contributed by atoms with E-state index in [9.17, 15) is 12.8 Å². The molecule has 0 saturated heterocycles. The van der Waals surface area contributed by atoms with Crippen LogP contribution in [0.2, 0.25) is 0 Å². The van der Waals surface area contributed by atoms with Gasteiger partial charge >= 0.3 is 10.2 Å². The van der Waals surface area contributed by atoms with Crippen molar-refractivity contribution in [2.45, 2.75) is 19.9 Å². The number of hydrogen-bond donors (Lipinski definition) is 3. The summed E-state index contributed by atoms with van der Waals surface area (Å²) in [7, 11) is -2.35. The molecule has 106 valence electrons. The summed E-state index contributed by atoms with van der Waals surface area (Å²) in [4.78, 5) is 0. The van der Waals surface area contributed by atoms with Crippen LogP contribution in [-0.4, -0.2) is 31.6 Å². The van der Waals surface area contributed by atoms with Gasteiger partial charge in [-0.25, -0.2) is 4.39 Å². The number of nitrogen functional groups attached to an aromatic ring is 1. The lowest BCUT2D eigenvalue weighted by molar-refractivity contribution is 0.414. The molecule has 0 aromatic heterocycles. The Hall–Kier alpha value is -1.67. The molecule has 0 aliphatic rings. The molecule has 0 atom stereocenters. The van der Waals surface area contributed by atoms with E-state index in [1.807, 2.05) is 0 Å². The highest BCUT2D eigenvalue weighted by Gasteiger charge is 2.22. The lowest BCUT2D eigenvalue weighted by Crippen LogP contribution is -2.37. The molecule has 4 N–H and O–H groups in total.